The summed E-state index contributed by atoms with van der Waals surface area (Å²) in [5, 5.41) is 13.2. The van der Waals surface area contributed by atoms with E-state index in [-0.39, 0.29) is 29.5 Å². The molecular formula is C29H36F3N7O4. The molecule has 1 aliphatic heterocycles. The van der Waals surface area contributed by atoms with Crippen molar-refractivity contribution in [1.82, 2.24) is 29.8 Å². The number of ether oxygens (including phenoxy) is 1. The van der Waals surface area contributed by atoms with E-state index < -0.39 is 12.3 Å². The number of unbranched alkanes of at least 4 members (excludes halogenated alkanes) is 1. The summed E-state index contributed by atoms with van der Waals surface area (Å²) in [4.78, 5) is 39.8. The number of hydrogen-bond donors (Lipinski definition) is 2. The van der Waals surface area contributed by atoms with Gasteiger partial charge >= 0.3 is 6.36 Å². The molecule has 11 nitrogen and oxygen atoms in total. The number of likely N-dealkylation sites (tertiary alicyclic amines) is 1. The molecule has 2 amide bonds. The number of carbonyl (C=O) groups is 2. The summed E-state index contributed by atoms with van der Waals surface area (Å²) in [6.07, 6.45) is 2.16. The van der Waals surface area contributed by atoms with Gasteiger partial charge in [0.05, 0.1) is 6.20 Å². The van der Waals surface area contributed by atoms with E-state index >= 15 is 0 Å². The maximum atomic E-state index is 12.5. The van der Waals surface area contributed by atoms with Crippen LogP contribution in [0.5, 0.6) is 5.75 Å². The van der Waals surface area contributed by atoms with Crippen LogP contribution in [-0.2, 0) is 24.4 Å². The summed E-state index contributed by atoms with van der Waals surface area (Å²) >= 11 is 0. The van der Waals surface area contributed by atoms with Gasteiger partial charge < -0.3 is 24.8 Å². The van der Waals surface area contributed by atoms with Gasteiger partial charge in [-0.25, -0.2) is 0 Å². The molecule has 1 saturated heterocycles. The average molecular weight is 604 g/mol. The topological polar surface area (TPSA) is 123 Å². The van der Waals surface area contributed by atoms with Gasteiger partial charge in [0.2, 0.25) is 5.91 Å². The molecule has 1 aliphatic rings. The number of rotatable bonds is 13. The van der Waals surface area contributed by atoms with Crippen molar-refractivity contribution >= 4 is 17.5 Å². The molecule has 0 spiro atoms. The Kier molecular flexibility index (Phi) is 10.9. The number of amides is 2. The number of carbonyl (C=O) groups excluding carboxylic acids is 2. The molecule has 1 aromatic carbocycles. The smallest absolute Gasteiger partial charge is 0.406 e. The predicted molar refractivity (Wildman–Crippen MR) is 152 cm³/mol. The molecular weight excluding hydrogens is 567 g/mol. The second-order valence-corrected chi connectivity index (χ2v) is 10.5. The average Bonchev–Trinajstić information content (AvgIpc) is 3.44. The maximum absolute atomic E-state index is 12.5. The molecule has 1 fully saturated rings. The van der Waals surface area contributed by atoms with Crippen molar-refractivity contribution in [2.75, 3.05) is 25.0 Å². The molecule has 0 aliphatic carbocycles. The van der Waals surface area contributed by atoms with Crippen LogP contribution in [0.15, 0.2) is 53.6 Å². The van der Waals surface area contributed by atoms with Gasteiger partial charge in [0.15, 0.2) is 5.69 Å². The maximum Gasteiger partial charge on any atom is 0.573 e. The van der Waals surface area contributed by atoms with Crippen molar-refractivity contribution in [3.05, 3.63) is 70.4 Å². The molecule has 4 rings (SSSR count). The Bertz CT molecular complexity index is 1430. The molecule has 3 heterocycles. The Morgan fingerprint density at radius 3 is 2.58 bits per heavy atom. The third kappa shape index (κ3) is 10.2. The largest absolute Gasteiger partial charge is 0.573 e. The van der Waals surface area contributed by atoms with Crippen LogP contribution in [0.2, 0.25) is 0 Å². The number of nitrogens with zero attached hydrogens (tertiary/aromatic N) is 5. The van der Waals surface area contributed by atoms with Crippen LogP contribution in [0.3, 0.4) is 0 Å². The number of alkyl halides is 3. The van der Waals surface area contributed by atoms with E-state index in [1.165, 1.54) is 35.1 Å². The van der Waals surface area contributed by atoms with Crippen molar-refractivity contribution in [1.29, 1.82) is 0 Å². The number of anilines is 1. The number of benzene rings is 1. The highest BCUT2D eigenvalue weighted by atomic mass is 19.4. The van der Waals surface area contributed by atoms with Crippen LogP contribution in [0.25, 0.3) is 0 Å². The Hall–Kier alpha value is -4.20. The summed E-state index contributed by atoms with van der Waals surface area (Å²) < 4.78 is 44.2. The van der Waals surface area contributed by atoms with E-state index in [9.17, 15) is 27.6 Å². The SMILES string of the molecule is CCN1CCC(CC(=O)Nc2ccn(CCCCn3cc(C(=O)NCc4cccc(OC(F)(F)F)c4)nn3)c(=O)c2)CC1. The second-order valence-electron chi connectivity index (χ2n) is 10.5. The standard InChI is InChI=1S/C29H36F3N7O4/c1-2-37-13-8-21(9-14-37)17-26(40)34-23-10-15-38(27(41)18-23)11-3-4-12-39-20-25(35-36-39)28(42)33-19-22-6-5-7-24(16-22)43-29(30,31)32/h5-7,10,15-16,18,20-21H,2-4,8-9,11-14,17,19H2,1H3,(H,33,42)(H,34,40). The Labute approximate surface area is 247 Å². The molecule has 0 radical (unpaired) electrons. The third-order valence-electron chi connectivity index (χ3n) is 7.30. The molecule has 0 bridgehead atoms. The number of nitrogens with one attached hydrogen (secondary N) is 2. The number of pyridine rings is 1. The van der Waals surface area contributed by atoms with Gasteiger partial charge in [-0.1, -0.05) is 24.3 Å². The van der Waals surface area contributed by atoms with Crippen LogP contribution in [0.1, 0.15) is 55.1 Å². The molecule has 3 aromatic rings. The van der Waals surface area contributed by atoms with E-state index in [2.05, 4.69) is 37.5 Å². The van der Waals surface area contributed by atoms with Crippen molar-refractivity contribution in [2.45, 2.75) is 65.0 Å². The van der Waals surface area contributed by atoms with Crippen LogP contribution < -0.4 is 20.9 Å². The number of piperidine rings is 1. The summed E-state index contributed by atoms with van der Waals surface area (Å²) in [5.74, 6) is -0.595. The van der Waals surface area contributed by atoms with Crippen molar-refractivity contribution in [3.8, 4) is 5.75 Å². The number of halogens is 3. The van der Waals surface area contributed by atoms with Gasteiger partial charge in [-0.3, -0.25) is 19.1 Å². The van der Waals surface area contributed by atoms with Crippen LogP contribution in [0, 0.1) is 5.92 Å². The van der Waals surface area contributed by atoms with Gasteiger partial charge in [-0.15, -0.1) is 18.3 Å². The Morgan fingerprint density at radius 2 is 1.86 bits per heavy atom. The van der Waals surface area contributed by atoms with E-state index in [1.807, 2.05) is 0 Å². The highest BCUT2D eigenvalue weighted by molar-refractivity contribution is 5.92. The third-order valence-corrected chi connectivity index (χ3v) is 7.30. The van der Waals surface area contributed by atoms with E-state index in [0.29, 0.717) is 49.5 Å². The first-order chi connectivity index (χ1) is 20.6. The zero-order chi connectivity index (χ0) is 30.8. The Balaban J connectivity index is 1.16. The molecule has 0 unspecified atom stereocenters. The lowest BCUT2D eigenvalue weighted by molar-refractivity contribution is -0.274. The van der Waals surface area contributed by atoms with Gasteiger partial charge in [0.1, 0.15) is 5.75 Å². The quantitative estimate of drug-likeness (QED) is 0.285. The highest BCUT2D eigenvalue weighted by Crippen LogP contribution is 2.23. The molecule has 14 heteroatoms. The Morgan fingerprint density at radius 1 is 1.09 bits per heavy atom. The van der Waals surface area contributed by atoms with E-state index in [4.69, 9.17) is 0 Å². The molecule has 0 atom stereocenters. The summed E-state index contributed by atoms with van der Waals surface area (Å²) in [7, 11) is 0. The fourth-order valence-corrected chi connectivity index (χ4v) is 4.94. The number of aromatic nitrogens is 4. The van der Waals surface area contributed by atoms with Crippen molar-refractivity contribution < 1.29 is 27.5 Å². The minimum absolute atomic E-state index is 0.0175. The molecule has 2 aromatic heterocycles. The minimum Gasteiger partial charge on any atom is -0.406 e. The first kappa shape index (κ1) is 31.7. The zero-order valence-corrected chi connectivity index (χ0v) is 24.0. The fraction of sp³-hybridized carbons (Fsp3) is 0.483. The van der Waals surface area contributed by atoms with Gasteiger partial charge in [-0.05, 0) is 75.0 Å². The lowest BCUT2D eigenvalue weighted by atomic mass is 9.93. The second kappa shape index (κ2) is 14.8. The molecule has 43 heavy (non-hydrogen) atoms. The lowest BCUT2D eigenvalue weighted by Gasteiger charge is -2.30. The monoisotopic (exact) mass is 603 g/mol. The van der Waals surface area contributed by atoms with Crippen molar-refractivity contribution in [2.24, 2.45) is 5.92 Å². The molecule has 232 valence electrons. The lowest BCUT2D eigenvalue weighted by Crippen LogP contribution is -2.34. The van der Waals surface area contributed by atoms with E-state index in [1.54, 1.807) is 22.9 Å². The van der Waals surface area contributed by atoms with E-state index in [0.717, 1.165) is 32.5 Å². The highest BCUT2D eigenvalue weighted by Gasteiger charge is 2.31. The summed E-state index contributed by atoms with van der Waals surface area (Å²) in [6, 6.07) is 8.48. The first-order valence-corrected chi connectivity index (χ1v) is 14.3. The summed E-state index contributed by atoms with van der Waals surface area (Å²) in [6.45, 7) is 6.14. The first-order valence-electron chi connectivity index (χ1n) is 14.3. The van der Waals surface area contributed by atoms with Crippen LogP contribution in [0.4, 0.5) is 18.9 Å². The van der Waals surface area contributed by atoms with Crippen LogP contribution >= 0.6 is 0 Å². The van der Waals surface area contributed by atoms with Gasteiger partial charge in [0.25, 0.3) is 11.5 Å². The van der Waals surface area contributed by atoms with Gasteiger partial charge in [0, 0.05) is 44.0 Å². The minimum atomic E-state index is -4.80. The fourth-order valence-electron chi connectivity index (χ4n) is 4.94. The van der Waals surface area contributed by atoms with Crippen molar-refractivity contribution in [3.63, 3.8) is 0 Å². The summed E-state index contributed by atoms with van der Waals surface area (Å²) in [5.41, 5.74) is 0.788. The normalized spacial score (nSPS) is 14.4. The predicted octanol–water partition coefficient (Wildman–Crippen LogP) is 3.81. The van der Waals surface area contributed by atoms with Crippen LogP contribution in [-0.4, -0.2) is 62.3 Å². The van der Waals surface area contributed by atoms with Gasteiger partial charge in [-0.2, -0.15) is 0 Å². The zero-order valence-electron chi connectivity index (χ0n) is 24.0. The molecule has 0 saturated carbocycles. The molecule has 2 N–H and O–H groups in total. The number of aryl methyl sites for hydroxylation is 2. The number of hydrogen-bond acceptors (Lipinski definition) is 7.